The smallest absolute Gasteiger partial charge is 0.0464 e. The SMILES string of the molecule is CCCCCCc1ccc(/C=C/c2cc3sc(-c4cc5sc(/C=C/c6ccc(CCCCCC)cc6)cc5s4)cc3s2)cc1. The molecule has 0 atom stereocenters. The molecule has 0 unspecified atom stereocenters. The van der Waals surface area contributed by atoms with Gasteiger partial charge in [0, 0.05) is 38.3 Å². The third kappa shape index (κ3) is 8.28. The summed E-state index contributed by atoms with van der Waals surface area (Å²) >= 11 is 7.63. The van der Waals surface area contributed by atoms with Crippen LogP contribution in [0.3, 0.4) is 0 Å². The molecule has 0 radical (unpaired) electrons. The van der Waals surface area contributed by atoms with Crippen LogP contribution < -0.4 is 0 Å². The molecule has 0 nitrogen and oxygen atoms in total. The molecule has 226 valence electrons. The zero-order valence-electron chi connectivity index (χ0n) is 25.9. The van der Waals surface area contributed by atoms with Gasteiger partial charge in [0.05, 0.1) is 0 Å². The molecule has 2 aromatic carbocycles. The normalized spacial score (nSPS) is 12.1. The van der Waals surface area contributed by atoms with E-state index in [4.69, 9.17) is 0 Å². The third-order valence-corrected chi connectivity index (χ3v) is 12.9. The molecule has 6 rings (SSSR count). The first-order valence-electron chi connectivity index (χ1n) is 16.3. The summed E-state index contributed by atoms with van der Waals surface area (Å²) in [6, 6.07) is 27.7. The van der Waals surface area contributed by atoms with Crippen LogP contribution in [0.2, 0.25) is 0 Å². The average molecular weight is 651 g/mol. The summed E-state index contributed by atoms with van der Waals surface area (Å²) in [6.07, 6.45) is 22.0. The Morgan fingerprint density at radius 3 is 1.23 bits per heavy atom. The second-order valence-corrected chi connectivity index (χ2v) is 16.1. The molecule has 4 heterocycles. The lowest BCUT2D eigenvalue weighted by Crippen LogP contribution is -1.85. The van der Waals surface area contributed by atoms with E-state index in [2.05, 4.69) is 111 Å². The predicted molar refractivity (Wildman–Crippen MR) is 205 cm³/mol. The fourth-order valence-electron chi connectivity index (χ4n) is 5.58. The first-order chi connectivity index (χ1) is 21.7. The van der Waals surface area contributed by atoms with E-state index >= 15 is 0 Å². The molecule has 0 aliphatic rings. The van der Waals surface area contributed by atoms with E-state index in [0.29, 0.717) is 0 Å². The van der Waals surface area contributed by atoms with Gasteiger partial charge >= 0.3 is 0 Å². The molecular weight excluding hydrogens is 609 g/mol. The lowest BCUT2D eigenvalue weighted by molar-refractivity contribution is 0.667. The fraction of sp³-hybridized carbons (Fsp3) is 0.300. The lowest BCUT2D eigenvalue weighted by atomic mass is 10.0. The Hall–Kier alpha value is -2.76. The van der Waals surface area contributed by atoms with Crippen LogP contribution in [0.25, 0.3) is 52.9 Å². The average Bonchev–Trinajstić information content (AvgIpc) is 3.80. The molecule has 0 amide bonds. The number of hydrogen-bond donors (Lipinski definition) is 0. The number of thiophene rings is 4. The van der Waals surface area contributed by atoms with Crippen LogP contribution in [0.15, 0.2) is 72.8 Å². The summed E-state index contributed by atoms with van der Waals surface area (Å²) in [5.74, 6) is 0. The van der Waals surface area contributed by atoms with Crippen molar-refractivity contribution in [2.45, 2.75) is 78.1 Å². The van der Waals surface area contributed by atoms with Crippen molar-refractivity contribution in [1.82, 2.24) is 0 Å². The molecule has 0 saturated carbocycles. The lowest BCUT2D eigenvalue weighted by Gasteiger charge is -2.02. The van der Waals surface area contributed by atoms with E-state index in [1.54, 1.807) is 0 Å². The van der Waals surface area contributed by atoms with E-state index in [1.165, 1.54) is 125 Å². The van der Waals surface area contributed by atoms with Gasteiger partial charge in [0.25, 0.3) is 0 Å². The van der Waals surface area contributed by atoms with Gasteiger partial charge in [-0.2, -0.15) is 0 Å². The number of hydrogen-bond acceptors (Lipinski definition) is 4. The molecule has 0 N–H and O–H groups in total. The van der Waals surface area contributed by atoms with Crippen LogP contribution in [-0.4, -0.2) is 0 Å². The van der Waals surface area contributed by atoms with Crippen molar-refractivity contribution in [3.8, 4) is 9.75 Å². The quantitative estimate of drug-likeness (QED) is 0.0970. The first kappa shape index (κ1) is 31.2. The van der Waals surface area contributed by atoms with Gasteiger partial charge in [-0.3, -0.25) is 0 Å². The molecule has 0 fully saturated rings. The Morgan fingerprint density at radius 2 is 0.841 bits per heavy atom. The maximum Gasteiger partial charge on any atom is 0.0464 e. The molecular formula is C40H42S4. The third-order valence-electron chi connectivity index (χ3n) is 8.17. The molecule has 4 heteroatoms. The van der Waals surface area contributed by atoms with Gasteiger partial charge in [-0.1, -0.05) is 113 Å². The predicted octanol–water partition coefficient (Wildman–Crippen LogP) is 14.5. The van der Waals surface area contributed by atoms with Crippen molar-refractivity contribution < 1.29 is 0 Å². The van der Waals surface area contributed by atoms with Crippen molar-refractivity contribution in [2.75, 3.05) is 0 Å². The molecule has 0 aliphatic heterocycles. The monoisotopic (exact) mass is 650 g/mol. The summed E-state index contributed by atoms with van der Waals surface area (Å²) in [5, 5.41) is 0. The number of aryl methyl sites for hydroxylation is 2. The van der Waals surface area contributed by atoms with E-state index in [0.717, 1.165) is 0 Å². The van der Waals surface area contributed by atoms with Gasteiger partial charge in [0.1, 0.15) is 0 Å². The van der Waals surface area contributed by atoms with Crippen molar-refractivity contribution in [1.29, 1.82) is 0 Å². The fourth-order valence-corrected chi connectivity index (χ4v) is 10.3. The second kappa shape index (κ2) is 15.5. The molecule has 0 bridgehead atoms. The molecule has 4 aromatic heterocycles. The molecule has 6 aromatic rings. The zero-order valence-corrected chi connectivity index (χ0v) is 29.2. The Bertz CT molecular complexity index is 1620. The van der Waals surface area contributed by atoms with Gasteiger partial charge < -0.3 is 0 Å². The van der Waals surface area contributed by atoms with Crippen LogP contribution in [0.1, 0.15) is 97.2 Å². The highest BCUT2D eigenvalue weighted by Gasteiger charge is 2.12. The maximum absolute atomic E-state index is 2.39. The molecule has 0 saturated heterocycles. The molecule has 0 spiro atoms. The van der Waals surface area contributed by atoms with Crippen molar-refractivity contribution in [3.05, 3.63) is 105 Å². The van der Waals surface area contributed by atoms with Crippen LogP contribution in [0, 0.1) is 0 Å². The summed E-state index contributed by atoms with van der Waals surface area (Å²) < 4.78 is 5.55. The second-order valence-electron chi connectivity index (χ2n) is 11.7. The maximum atomic E-state index is 2.39. The Morgan fingerprint density at radius 1 is 0.432 bits per heavy atom. The van der Waals surface area contributed by atoms with E-state index in [9.17, 15) is 0 Å². The van der Waals surface area contributed by atoms with Gasteiger partial charge in [0.2, 0.25) is 0 Å². The standard InChI is InChI=1S/C40H42S4/c1-3-5-7-9-11-29-13-17-31(18-14-29)21-23-33-25-35-37(41-33)27-39(43-35)40-28-38-36(44-40)26-34(42-38)24-22-32-19-15-30(16-20-32)12-10-8-6-4-2/h13-28H,3-12H2,1-2H3/b23-21+,24-22+. The minimum absolute atomic E-state index is 1.20. The highest BCUT2D eigenvalue weighted by molar-refractivity contribution is 7.34. The van der Waals surface area contributed by atoms with Crippen LogP contribution in [0.5, 0.6) is 0 Å². The van der Waals surface area contributed by atoms with E-state index < -0.39 is 0 Å². The Labute approximate surface area is 279 Å². The summed E-state index contributed by atoms with van der Waals surface area (Å²) in [7, 11) is 0. The Kier molecular flexibility index (Phi) is 11.0. The largest absolute Gasteiger partial charge is 0.135 e. The van der Waals surface area contributed by atoms with Gasteiger partial charge in [-0.15, -0.1) is 45.3 Å². The van der Waals surface area contributed by atoms with Crippen molar-refractivity contribution in [3.63, 3.8) is 0 Å². The molecule has 44 heavy (non-hydrogen) atoms. The minimum Gasteiger partial charge on any atom is -0.135 e. The van der Waals surface area contributed by atoms with Crippen LogP contribution in [-0.2, 0) is 12.8 Å². The van der Waals surface area contributed by atoms with Crippen LogP contribution >= 0.6 is 45.3 Å². The highest BCUT2D eigenvalue weighted by Crippen LogP contribution is 2.44. The number of fused-ring (bicyclic) bond motifs is 2. The van der Waals surface area contributed by atoms with E-state index in [1.807, 2.05) is 45.3 Å². The number of unbranched alkanes of at least 4 members (excludes halogenated alkanes) is 6. The van der Waals surface area contributed by atoms with E-state index in [-0.39, 0.29) is 0 Å². The van der Waals surface area contributed by atoms with Crippen molar-refractivity contribution in [2.24, 2.45) is 0 Å². The summed E-state index contributed by atoms with van der Waals surface area (Å²) in [5.41, 5.74) is 5.47. The van der Waals surface area contributed by atoms with Gasteiger partial charge in [-0.05, 0) is 84.4 Å². The molecule has 0 aliphatic carbocycles. The zero-order chi connectivity index (χ0) is 30.1. The van der Waals surface area contributed by atoms with Gasteiger partial charge in [-0.25, -0.2) is 0 Å². The highest BCUT2D eigenvalue weighted by atomic mass is 32.1. The minimum atomic E-state index is 1.20. The number of benzene rings is 2. The first-order valence-corrected chi connectivity index (χ1v) is 19.5. The van der Waals surface area contributed by atoms with Gasteiger partial charge in [0.15, 0.2) is 0 Å². The Balaban J connectivity index is 1.05. The topological polar surface area (TPSA) is 0 Å². The van der Waals surface area contributed by atoms with Crippen molar-refractivity contribution >= 4 is 88.5 Å². The summed E-state index contributed by atoms with van der Waals surface area (Å²) in [4.78, 5) is 5.42. The number of rotatable bonds is 15. The summed E-state index contributed by atoms with van der Waals surface area (Å²) in [6.45, 7) is 4.54. The van der Waals surface area contributed by atoms with Crippen LogP contribution in [0.4, 0.5) is 0 Å².